The Kier molecular flexibility index (Phi) is 4.59. The Morgan fingerprint density at radius 3 is 1.88 bits per heavy atom. The quantitative estimate of drug-likeness (QED) is 0.706. The van der Waals surface area contributed by atoms with Crippen LogP contribution in [0.3, 0.4) is 0 Å². The highest BCUT2D eigenvalue weighted by Gasteiger charge is 2.31. The maximum absolute atomic E-state index is 13.1. The van der Waals surface area contributed by atoms with E-state index in [1.54, 1.807) is 30.3 Å². The maximum Gasteiger partial charge on any atom is 0.416 e. The third-order valence-corrected chi connectivity index (χ3v) is 5.98. The number of benzene rings is 3. The first-order valence-electron chi connectivity index (χ1n) is 7.26. The minimum absolute atomic E-state index is 0.130. The maximum atomic E-state index is 13.1. The van der Waals surface area contributed by atoms with E-state index < -0.39 is 19.7 Å². The molecular weight excluding hydrogens is 332 g/mol. The van der Waals surface area contributed by atoms with Crippen molar-refractivity contribution in [3.63, 3.8) is 0 Å². The summed E-state index contributed by atoms with van der Waals surface area (Å²) in [6.45, 7) is 0. The van der Waals surface area contributed by atoms with Crippen molar-refractivity contribution >= 4 is 23.8 Å². The lowest BCUT2D eigenvalue weighted by Gasteiger charge is -2.20. The van der Waals surface area contributed by atoms with Gasteiger partial charge in [-0.25, -0.2) is 0 Å². The second-order valence-electron chi connectivity index (χ2n) is 5.24. The van der Waals surface area contributed by atoms with Crippen LogP contribution in [0.2, 0.25) is 0 Å². The van der Waals surface area contributed by atoms with Gasteiger partial charge < -0.3 is 5.11 Å². The van der Waals surface area contributed by atoms with E-state index in [9.17, 15) is 18.3 Å². The normalized spacial score (nSPS) is 12.8. The summed E-state index contributed by atoms with van der Waals surface area (Å²) >= 11 is 0. The smallest absolute Gasteiger partial charge is 0.416 e. The van der Waals surface area contributed by atoms with E-state index in [4.69, 9.17) is 0 Å². The number of aromatic hydroxyl groups is 1. The van der Waals surface area contributed by atoms with Crippen molar-refractivity contribution in [3.8, 4) is 5.75 Å². The van der Waals surface area contributed by atoms with Crippen molar-refractivity contribution in [3.05, 3.63) is 84.4 Å². The molecule has 122 valence electrons. The molecule has 5 heteroatoms. The zero-order valence-corrected chi connectivity index (χ0v) is 13.4. The van der Waals surface area contributed by atoms with Gasteiger partial charge in [-0.2, -0.15) is 13.2 Å². The van der Waals surface area contributed by atoms with Crippen LogP contribution in [0.4, 0.5) is 13.2 Å². The molecule has 3 aromatic carbocycles. The zero-order valence-electron chi connectivity index (χ0n) is 12.5. The predicted molar refractivity (Wildman–Crippen MR) is 91.8 cm³/mol. The van der Waals surface area contributed by atoms with Gasteiger partial charge in [0, 0.05) is 0 Å². The van der Waals surface area contributed by atoms with Crippen LogP contribution in [0.5, 0.6) is 5.75 Å². The molecule has 1 nitrogen and oxygen atoms in total. The second-order valence-corrected chi connectivity index (χ2v) is 7.46. The molecule has 0 heterocycles. The molecule has 1 N–H and O–H groups in total. The molecule has 3 aromatic rings. The van der Waals surface area contributed by atoms with Crippen molar-refractivity contribution in [2.45, 2.75) is 6.18 Å². The van der Waals surface area contributed by atoms with E-state index in [1.165, 1.54) is 12.1 Å². The summed E-state index contributed by atoms with van der Waals surface area (Å²) in [7, 11) is -1.13. The number of hydrogen-bond donors (Lipinski definition) is 1. The lowest BCUT2D eigenvalue weighted by Crippen LogP contribution is -2.21. The molecule has 3 rings (SSSR count). The molecule has 0 fully saturated rings. The molecule has 0 radical (unpaired) electrons. The Hall–Kier alpha value is -2.32. The van der Waals surface area contributed by atoms with Crippen LogP contribution < -0.4 is 15.9 Å². The van der Waals surface area contributed by atoms with Gasteiger partial charge in [-0.05, 0) is 48.1 Å². The summed E-state index contributed by atoms with van der Waals surface area (Å²) in [5, 5.41) is 11.9. The first kappa shape index (κ1) is 16.5. The molecule has 0 aromatic heterocycles. The highest BCUT2D eigenvalue weighted by molar-refractivity contribution is 7.79. The first-order valence-corrected chi connectivity index (χ1v) is 8.61. The molecule has 0 aliphatic heterocycles. The Balaban J connectivity index is 2.14. The Morgan fingerprint density at radius 2 is 1.25 bits per heavy atom. The molecule has 0 aliphatic carbocycles. The van der Waals surface area contributed by atoms with Gasteiger partial charge in [0.05, 0.1) is 5.56 Å². The van der Waals surface area contributed by atoms with Crippen molar-refractivity contribution < 1.29 is 18.3 Å². The van der Waals surface area contributed by atoms with E-state index in [0.717, 1.165) is 16.7 Å². The number of phenols is 1. The van der Waals surface area contributed by atoms with Gasteiger partial charge in [0.1, 0.15) is 5.75 Å². The van der Waals surface area contributed by atoms with Crippen molar-refractivity contribution in [1.29, 1.82) is 0 Å². The summed E-state index contributed by atoms with van der Waals surface area (Å²) in [6.07, 6.45) is -4.37. The number of phenolic OH excluding ortho intramolecular Hbond substituents is 1. The van der Waals surface area contributed by atoms with Crippen molar-refractivity contribution in [1.82, 2.24) is 0 Å². The van der Waals surface area contributed by atoms with Crippen molar-refractivity contribution in [2.24, 2.45) is 0 Å². The zero-order chi connectivity index (χ0) is 17.2. The molecule has 0 amide bonds. The average Bonchev–Trinajstić information content (AvgIpc) is 2.57. The lowest BCUT2D eigenvalue weighted by molar-refractivity contribution is -0.137. The van der Waals surface area contributed by atoms with Crippen LogP contribution in [0.15, 0.2) is 78.9 Å². The summed E-state index contributed by atoms with van der Waals surface area (Å²) in [5.74, 6) is 0.130. The number of halogens is 3. The molecule has 24 heavy (non-hydrogen) atoms. The number of alkyl halides is 3. The highest BCUT2D eigenvalue weighted by atomic mass is 31.1. The van der Waals surface area contributed by atoms with Crippen LogP contribution in [0.1, 0.15) is 5.56 Å². The van der Waals surface area contributed by atoms with Gasteiger partial charge in [0.15, 0.2) is 0 Å². The van der Waals surface area contributed by atoms with E-state index in [1.807, 2.05) is 30.3 Å². The largest absolute Gasteiger partial charge is 0.508 e. The van der Waals surface area contributed by atoms with E-state index >= 15 is 0 Å². The third kappa shape index (κ3) is 3.60. The molecular formula is C19H14F3OP. The minimum atomic E-state index is -4.37. The van der Waals surface area contributed by atoms with Gasteiger partial charge in [-0.1, -0.05) is 54.6 Å². The summed E-state index contributed by atoms with van der Waals surface area (Å²) in [6, 6.07) is 21.5. The van der Waals surface area contributed by atoms with E-state index in [0.29, 0.717) is 5.30 Å². The van der Waals surface area contributed by atoms with Crippen LogP contribution in [-0.2, 0) is 6.18 Å². The van der Waals surface area contributed by atoms with E-state index in [-0.39, 0.29) is 5.75 Å². The van der Waals surface area contributed by atoms with Crippen LogP contribution >= 0.6 is 7.92 Å². The van der Waals surface area contributed by atoms with Gasteiger partial charge in [-0.15, -0.1) is 0 Å². The van der Waals surface area contributed by atoms with Crippen LogP contribution in [0.25, 0.3) is 0 Å². The molecule has 0 saturated carbocycles. The first-order chi connectivity index (χ1) is 11.4. The minimum Gasteiger partial charge on any atom is -0.508 e. The molecule has 0 aliphatic rings. The van der Waals surface area contributed by atoms with Crippen LogP contribution in [-0.4, -0.2) is 5.11 Å². The molecule has 0 saturated heterocycles. The fraction of sp³-hybridized carbons (Fsp3) is 0.0526. The second kappa shape index (κ2) is 6.66. The van der Waals surface area contributed by atoms with Gasteiger partial charge in [0.25, 0.3) is 0 Å². The number of hydrogen-bond acceptors (Lipinski definition) is 1. The summed E-state index contributed by atoms with van der Waals surface area (Å²) in [5.41, 5.74) is -0.651. The number of rotatable bonds is 3. The van der Waals surface area contributed by atoms with Gasteiger partial charge in [-0.3, -0.25) is 0 Å². The summed E-state index contributed by atoms with van der Waals surface area (Å²) in [4.78, 5) is 0. The van der Waals surface area contributed by atoms with Gasteiger partial charge in [0.2, 0.25) is 0 Å². The molecule has 1 atom stereocenters. The average molecular weight is 346 g/mol. The topological polar surface area (TPSA) is 20.2 Å². The fourth-order valence-electron chi connectivity index (χ4n) is 2.45. The molecule has 0 spiro atoms. The van der Waals surface area contributed by atoms with Crippen LogP contribution in [0, 0.1) is 0 Å². The fourth-order valence-corrected chi connectivity index (χ4v) is 4.76. The lowest BCUT2D eigenvalue weighted by atomic mass is 10.2. The Morgan fingerprint density at radius 1 is 0.667 bits per heavy atom. The summed E-state index contributed by atoms with van der Waals surface area (Å²) < 4.78 is 39.2. The van der Waals surface area contributed by atoms with Gasteiger partial charge >= 0.3 is 6.18 Å². The molecule has 1 unspecified atom stereocenters. The van der Waals surface area contributed by atoms with Crippen molar-refractivity contribution in [2.75, 3.05) is 0 Å². The Labute approximate surface area is 139 Å². The monoisotopic (exact) mass is 346 g/mol. The van der Waals surface area contributed by atoms with E-state index in [2.05, 4.69) is 0 Å². The molecule has 0 bridgehead atoms. The third-order valence-electron chi connectivity index (χ3n) is 3.55. The standard InChI is InChI=1S/C19H14F3OP/c20-19(21,22)14-5-4-8-18(13-14)24(16-6-2-1-3-7-16)17-11-9-15(23)10-12-17/h1-13,23H. The predicted octanol–water partition coefficient (Wildman–Crippen LogP) is 4.17. The SMILES string of the molecule is Oc1ccc(P(c2ccccc2)c2cccc(C(F)(F)F)c2)cc1. The highest BCUT2D eigenvalue weighted by Crippen LogP contribution is 2.36. The Bertz CT molecular complexity index is 814.